The molecule has 1 aromatic heterocycles. The van der Waals surface area contributed by atoms with Gasteiger partial charge in [-0.15, -0.1) is 0 Å². The minimum absolute atomic E-state index is 0.117. The van der Waals surface area contributed by atoms with Crippen LogP contribution in [0.25, 0.3) is 0 Å². The van der Waals surface area contributed by atoms with Gasteiger partial charge in [-0.25, -0.2) is 0 Å². The van der Waals surface area contributed by atoms with Gasteiger partial charge in [-0.2, -0.15) is 0 Å². The van der Waals surface area contributed by atoms with E-state index in [0.29, 0.717) is 6.04 Å². The number of ether oxygens (including phenoxy) is 1. The van der Waals surface area contributed by atoms with Crippen LogP contribution in [-0.4, -0.2) is 36.7 Å². The molecule has 0 amide bonds. The molecule has 1 aromatic rings. The van der Waals surface area contributed by atoms with Crippen LogP contribution in [0.4, 0.5) is 0 Å². The first-order valence-electron chi connectivity index (χ1n) is 7.55. The molecule has 2 rings (SSSR count). The predicted octanol–water partition coefficient (Wildman–Crippen LogP) is 2.78. The lowest BCUT2D eigenvalue weighted by Crippen LogP contribution is -2.36. The van der Waals surface area contributed by atoms with Gasteiger partial charge in [0, 0.05) is 24.8 Å². The SMILES string of the molecule is CN(Cc1ccc(CNC(C)(C)C)o1)C1CCOCC1. The van der Waals surface area contributed by atoms with Gasteiger partial charge in [0.2, 0.25) is 0 Å². The Balaban J connectivity index is 1.82. The van der Waals surface area contributed by atoms with Crippen molar-refractivity contribution in [3.8, 4) is 0 Å². The van der Waals surface area contributed by atoms with Gasteiger partial charge in [-0.05, 0) is 52.8 Å². The van der Waals surface area contributed by atoms with E-state index < -0.39 is 0 Å². The third kappa shape index (κ3) is 4.93. The minimum atomic E-state index is 0.117. The third-order valence-corrected chi connectivity index (χ3v) is 3.73. The van der Waals surface area contributed by atoms with Crippen molar-refractivity contribution in [3.63, 3.8) is 0 Å². The molecule has 0 saturated carbocycles. The summed E-state index contributed by atoms with van der Waals surface area (Å²) < 4.78 is 11.3. The quantitative estimate of drug-likeness (QED) is 0.900. The molecule has 1 fully saturated rings. The fraction of sp³-hybridized carbons (Fsp3) is 0.750. The number of nitrogens with one attached hydrogen (secondary N) is 1. The summed E-state index contributed by atoms with van der Waals surface area (Å²) in [6, 6.07) is 4.78. The summed E-state index contributed by atoms with van der Waals surface area (Å²) in [6.07, 6.45) is 2.24. The lowest BCUT2D eigenvalue weighted by molar-refractivity contribution is 0.0386. The van der Waals surface area contributed by atoms with Gasteiger partial charge in [0.1, 0.15) is 11.5 Å². The maximum Gasteiger partial charge on any atom is 0.118 e. The molecule has 20 heavy (non-hydrogen) atoms. The first kappa shape index (κ1) is 15.5. The summed E-state index contributed by atoms with van der Waals surface area (Å²) >= 11 is 0. The zero-order chi connectivity index (χ0) is 14.6. The van der Waals surface area contributed by atoms with E-state index in [1.165, 1.54) is 0 Å². The first-order valence-corrected chi connectivity index (χ1v) is 7.55. The molecule has 1 aliphatic rings. The Labute approximate surface area is 122 Å². The molecule has 0 spiro atoms. The standard InChI is InChI=1S/C16H28N2O2/c1-16(2,3)17-11-14-5-6-15(20-14)12-18(4)13-7-9-19-10-8-13/h5-6,13,17H,7-12H2,1-4H3. The molecule has 0 radical (unpaired) electrons. The molecular formula is C16H28N2O2. The maximum absolute atomic E-state index is 5.91. The maximum atomic E-state index is 5.91. The van der Waals surface area contributed by atoms with Gasteiger partial charge in [0.25, 0.3) is 0 Å². The topological polar surface area (TPSA) is 37.6 Å². The summed E-state index contributed by atoms with van der Waals surface area (Å²) in [6.45, 7) is 9.91. The van der Waals surface area contributed by atoms with Gasteiger partial charge in [-0.3, -0.25) is 4.90 Å². The molecule has 1 saturated heterocycles. The lowest BCUT2D eigenvalue weighted by atomic mass is 10.1. The highest BCUT2D eigenvalue weighted by Gasteiger charge is 2.19. The van der Waals surface area contributed by atoms with Crippen molar-refractivity contribution in [1.29, 1.82) is 0 Å². The van der Waals surface area contributed by atoms with Crippen molar-refractivity contribution in [2.45, 2.75) is 58.3 Å². The highest BCUT2D eigenvalue weighted by molar-refractivity contribution is 5.07. The van der Waals surface area contributed by atoms with Crippen LogP contribution in [0.1, 0.15) is 45.1 Å². The summed E-state index contributed by atoms with van der Waals surface area (Å²) in [5.74, 6) is 2.06. The molecule has 2 heterocycles. The van der Waals surface area contributed by atoms with E-state index in [-0.39, 0.29) is 5.54 Å². The number of hydrogen-bond donors (Lipinski definition) is 1. The van der Waals surface area contributed by atoms with Crippen LogP contribution in [-0.2, 0) is 17.8 Å². The smallest absolute Gasteiger partial charge is 0.118 e. The van der Waals surface area contributed by atoms with Gasteiger partial charge in [-0.1, -0.05) is 0 Å². The van der Waals surface area contributed by atoms with E-state index in [4.69, 9.17) is 9.15 Å². The lowest BCUT2D eigenvalue weighted by Gasteiger charge is -2.30. The monoisotopic (exact) mass is 280 g/mol. The van der Waals surface area contributed by atoms with Crippen LogP contribution in [0, 0.1) is 0 Å². The molecule has 0 aliphatic carbocycles. The zero-order valence-corrected chi connectivity index (χ0v) is 13.2. The Hall–Kier alpha value is -0.840. The van der Waals surface area contributed by atoms with Gasteiger partial charge in [0.15, 0.2) is 0 Å². The summed E-state index contributed by atoms with van der Waals surface area (Å²) in [7, 11) is 2.17. The van der Waals surface area contributed by atoms with Crippen molar-refractivity contribution in [1.82, 2.24) is 10.2 Å². The van der Waals surface area contributed by atoms with Gasteiger partial charge < -0.3 is 14.5 Å². The molecule has 4 nitrogen and oxygen atoms in total. The van der Waals surface area contributed by atoms with Crippen LogP contribution in [0.15, 0.2) is 16.5 Å². The second-order valence-electron chi connectivity index (χ2n) is 6.73. The van der Waals surface area contributed by atoms with Crippen molar-refractivity contribution < 1.29 is 9.15 Å². The van der Waals surface area contributed by atoms with Gasteiger partial charge in [0.05, 0.1) is 13.1 Å². The van der Waals surface area contributed by atoms with Crippen LogP contribution >= 0.6 is 0 Å². The molecule has 1 aliphatic heterocycles. The average Bonchev–Trinajstić information content (AvgIpc) is 2.84. The Bertz CT molecular complexity index is 403. The van der Waals surface area contributed by atoms with Crippen molar-refractivity contribution in [3.05, 3.63) is 23.7 Å². The van der Waals surface area contributed by atoms with Gasteiger partial charge >= 0.3 is 0 Å². The Morgan fingerprint density at radius 2 is 1.85 bits per heavy atom. The second kappa shape index (κ2) is 6.74. The Kier molecular flexibility index (Phi) is 5.24. The number of furan rings is 1. The first-order chi connectivity index (χ1) is 9.44. The van der Waals surface area contributed by atoms with E-state index >= 15 is 0 Å². The second-order valence-corrected chi connectivity index (χ2v) is 6.73. The van der Waals surface area contributed by atoms with Crippen molar-refractivity contribution >= 4 is 0 Å². The van der Waals surface area contributed by atoms with Crippen LogP contribution < -0.4 is 5.32 Å². The van der Waals surface area contributed by atoms with E-state index in [1.54, 1.807) is 0 Å². The molecule has 0 aromatic carbocycles. The normalized spacial score (nSPS) is 17.9. The van der Waals surface area contributed by atoms with Crippen LogP contribution in [0.2, 0.25) is 0 Å². The van der Waals surface area contributed by atoms with Crippen LogP contribution in [0.3, 0.4) is 0 Å². The van der Waals surface area contributed by atoms with Crippen molar-refractivity contribution in [2.24, 2.45) is 0 Å². The molecule has 0 bridgehead atoms. The molecule has 0 unspecified atom stereocenters. The van der Waals surface area contributed by atoms with E-state index in [0.717, 1.165) is 50.7 Å². The highest BCUT2D eigenvalue weighted by Crippen LogP contribution is 2.17. The minimum Gasteiger partial charge on any atom is -0.463 e. The molecule has 4 heteroatoms. The zero-order valence-electron chi connectivity index (χ0n) is 13.2. The number of nitrogens with zero attached hydrogens (tertiary/aromatic N) is 1. The average molecular weight is 280 g/mol. The van der Waals surface area contributed by atoms with E-state index in [2.05, 4.69) is 50.2 Å². The number of rotatable bonds is 5. The summed E-state index contributed by atoms with van der Waals surface area (Å²) in [5.41, 5.74) is 0.117. The van der Waals surface area contributed by atoms with E-state index in [1.807, 2.05) is 0 Å². The fourth-order valence-corrected chi connectivity index (χ4v) is 2.46. The molecule has 1 N–H and O–H groups in total. The Morgan fingerprint density at radius 3 is 2.50 bits per heavy atom. The molecular weight excluding hydrogens is 252 g/mol. The number of hydrogen-bond acceptors (Lipinski definition) is 4. The van der Waals surface area contributed by atoms with Crippen molar-refractivity contribution in [2.75, 3.05) is 20.3 Å². The summed E-state index contributed by atoms with van der Waals surface area (Å²) in [4.78, 5) is 2.38. The van der Waals surface area contributed by atoms with E-state index in [9.17, 15) is 0 Å². The third-order valence-electron chi connectivity index (χ3n) is 3.73. The summed E-state index contributed by atoms with van der Waals surface area (Å²) in [5, 5.41) is 3.44. The van der Waals surface area contributed by atoms with Crippen LogP contribution in [0.5, 0.6) is 0 Å². The molecule has 114 valence electrons. The highest BCUT2D eigenvalue weighted by atomic mass is 16.5. The predicted molar refractivity (Wildman–Crippen MR) is 80.6 cm³/mol. The largest absolute Gasteiger partial charge is 0.463 e. The fourth-order valence-electron chi connectivity index (χ4n) is 2.46. The Morgan fingerprint density at radius 1 is 1.20 bits per heavy atom. The molecule has 0 atom stereocenters.